The van der Waals surface area contributed by atoms with Gasteiger partial charge in [-0.15, -0.1) is 11.3 Å². The SMILES string of the molecule is O=S(=O)(c1sccc1Br)N1CCCN(CCO)CC1. The summed E-state index contributed by atoms with van der Waals surface area (Å²) in [5.74, 6) is 0. The maximum Gasteiger partial charge on any atom is 0.253 e. The Morgan fingerprint density at radius 2 is 2.11 bits per heavy atom. The number of sulfonamides is 1. The van der Waals surface area contributed by atoms with Gasteiger partial charge in [-0.25, -0.2) is 8.42 Å². The van der Waals surface area contributed by atoms with Gasteiger partial charge in [-0.05, 0) is 40.3 Å². The molecule has 108 valence electrons. The molecule has 19 heavy (non-hydrogen) atoms. The Morgan fingerprint density at radius 3 is 2.74 bits per heavy atom. The number of rotatable bonds is 4. The van der Waals surface area contributed by atoms with Crippen LogP contribution in [0.25, 0.3) is 0 Å². The molecule has 1 aliphatic heterocycles. The topological polar surface area (TPSA) is 60.9 Å². The number of aliphatic hydroxyl groups is 1. The molecule has 0 aromatic carbocycles. The fourth-order valence-corrected chi connectivity index (χ4v) is 6.05. The molecule has 1 aromatic rings. The second-order valence-corrected chi connectivity index (χ2v) is 8.28. The van der Waals surface area contributed by atoms with E-state index in [0.29, 0.717) is 34.9 Å². The second kappa shape index (κ2) is 6.64. The number of β-amino-alcohol motifs (C(OH)–C–C–N with tert-alkyl or cyclic N) is 1. The first-order valence-corrected chi connectivity index (χ1v) is 9.23. The van der Waals surface area contributed by atoms with Crippen molar-refractivity contribution in [2.45, 2.75) is 10.6 Å². The van der Waals surface area contributed by atoms with Gasteiger partial charge in [0, 0.05) is 30.7 Å². The third kappa shape index (κ3) is 3.56. The monoisotopic (exact) mass is 368 g/mol. The molecule has 1 aromatic heterocycles. The summed E-state index contributed by atoms with van der Waals surface area (Å²) in [5, 5.41) is 10.7. The molecule has 2 rings (SSSR count). The van der Waals surface area contributed by atoms with Crippen LogP contribution in [0.1, 0.15) is 6.42 Å². The molecule has 1 saturated heterocycles. The van der Waals surface area contributed by atoms with Crippen LogP contribution in [0.15, 0.2) is 20.1 Å². The van der Waals surface area contributed by atoms with Crippen molar-refractivity contribution in [3.8, 4) is 0 Å². The van der Waals surface area contributed by atoms with Crippen LogP contribution in [0, 0.1) is 0 Å². The Balaban J connectivity index is 2.12. The molecular formula is C11H17BrN2O3S2. The standard InChI is InChI=1S/C11H17BrN2O3S2/c12-10-2-9-18-11(10)19(16,17)14-4-1-3-13(5-6-14)7-8-15/h2,9,15H,1,3-8H2. The summed E-state index contributed by atoms with van der Waals surface area (Å²) in [6, 6.07) is 1.76. The highest BCUT2D eigenvalue weighted by molar-refractivity contribution is 9.10. The normalized spacial score (nSPS) is 19.5. The van der Waals surface area contributed by atoms with Gasteiger partial charge in [0.05, 0.1) is 6.61 Å². The lowest BCUT2D eigenvalue weighted by Gasteiger charge is -2.20. The van der Waals surface area contributed by atoms with Crippen molar-refractivity contribution in [3.63, 3.8) is 0 Å². The number of nitrogens with zero attached hydrogens (tertiary/aromatic N) is 2. The van der Waals surface area contributed by atoms with E-state index in [9.17, 15) is 8.42 Å². The van der Waals surface area contributed by atoms with E-state index in [1.54, 1.807) is 15.8 Å². The number of aliphatic hydroxyl groups excluding tert-OH is 1. The van der Waals surface area contributed by atoms with E-state index >= 15 is 0 Å². The number of hydrogen-bond acceptors (Lipinski definition) is 5. The van der Waals surface area contributed by atoms with Crippen LogP contribution in [-0.4, -0.2) is 62.1 Å². The molecular weight excluding hydrogens is 352 g/mol. The molecule has 5 nitrogen and oxygen atoms in total. The zero-order valence-electron chi connectivity index (χ0n) is 10.5. The van der Waals surface area contributed by atoms with Crippen molar-refractivity contribution >= 4 is 37.3 Å². The first-order chi connectivity index (χ1) is 9.05. The lowest BCUT2D eigenvalue weighted by molar-refractivity contribution is 0.202. The average molecular weight is 369 g/mol. The number of thiophene rings is 1. The summed E-state index contributed by atoms with van der Waals surface area (Å²) in [6.07, 6.45) is 0.794. The largest absolute Gasteiger partial charge is 0.395 e. The lowest BCUT2D eigenvalue weighted by atomic mass is 10.4. The van der Waals surface area contributed by atoms with Crippen LogP contribution < -0.4 is 0 Å². The summed E-state index contributed by atoms with van der Waals surface area (Å²) >= 11 is 4.52. The molecule has 8 heteroatoms. The Hall–Kier alpha value is 0.01000. The predicted octanol–water partition coefficient (Wildman–Crippen LogP) is 1.20. The summed E-state index contributed by atoms with van der Waals surface area (Å²) in [5.41, 5.74) is 0. The van der Waals surface area contributed by atoms with E-state index in [1.807, 2.05) is 0 Å². The molecule has 0 spiro atoms. The van der Waals surface area contributed by atoms with Crippen molar-refractivity contribution in [2.75, 3.05) is 39.3 Å². The van der Waals surface area contributed by atoms with Gasteiger partial charge in [-0.1, -0.05) is 0 Å². The maximum absolute atomic E-state index is 12.5. The zero-order chi connectivity index (χ0) is 13.9. The van der Waals surface area contributed by atoms with Gasteiger partial charge >= 0.3 is 0 Å². The number of halogens is 1. The highest BCUT2D eigenvalue weighted by Crippen LogP contribution is 2.30. The smallest absolute Gasteiger partial charge is 0.253 e. The molecule has 1 N–H and O–H groups in total. The van der Waals surface area contributed by atoms with Gasteiger partial charge in [0.1, 0.15) is 4.21 Å². The van der Waals surface area contributed by atoms with Crippen molar-refractivity contribution in [1.82, 2.24) is 9.21 Å². The van der Waals surface area contributed by atoms with E-state index in [-0.39, 0.29) is 6.61 Å². The first-order valence-electron chi connectivity index (χ1n) is 6.12. The second-order valence-electron chi connectivity index (χ2n) is 4.38. The van der Waals surface area contributed by atoms with Gasteiger partial charge in [-0.2, -0.15) is 4.31 Å². The summed E-state index contributed by atoms with van der Waals surface area (Å²) in [6.45, 7) is 3.24. The minimum atomic E-state index is -3.40. The van der Waals surface area contributed by atoms with Crippen LogP contribution in [0.4, 0.5) is 0 Å². The molecule has 2 heterocycles. The molecule has 0 saturated carbocycles. The lowest BCUT2D eigenvalue weighted by Crippen LogP contribution is -2.35. The molecule has 1 aliphatic rings. The summed E-state index contributed by atoms with van der Waals surface area (Å²) in [4.78, 5) is 2.10. The van der Waals surface area contributed by atoms with Crippen molar-refractivity contribution in [2.24, 2.45) is 0 Å². The molecule has 0 bridgehead atoms. The molecule has 0 amide bonds. The van der Waals surface area contributed by atoms with Gasteiger partial charge in [0.25, 0.3) is 10.0 Å². The van der Waals surface area contributed by atoms with E-state index in [1.165, 1.54) is 11.3 Å². The minimum absolute atomic E-state index is 0.114. The summed E-state index contributed by atoms with van der Waals surface area (Å²) < 4.78 is 27.6. The third-order valence-corrected chi connectivity index (χ3v) is 7.67. The van der Waals surface area contributed by atoms with Gasteiger partial charge in [0.2, 0.25) is 0 Å². The van der Waals surface area contributed by atoms with E-state index in [2.05, 4.69) is 20.8 Å². The van der Waals surface area contributed by atoms with Crippen LogP contribution in [0.2, 0.25) is 0 Å². The number of hydrogen-bond donors (Lipinski definition) is 1. The Bertz CT molecular complexity index is 518. The average Bonchev–Trinajstić information content (AvgIpc) is 2.66. The quantitative estimate of drug-likeness (QED) is 0.867. The fraction of sp³-hybridized carbons (Fsp3) is 0.636. The first kappa shape index (κ1) is 15.4. The van der Waals surface area contributed by atoms with E-state index < -0.39 is 10.0 Å². The fourth-order valence-electron chi connectivity index (χ4n) is 2.13. The van der Waals surface area contributed by atoms with Gasteiger partial charge in [-0.3, -0.25) is 4.90 Å². The molecule has 0 atom stereocenters. The molecule has 0 unspecified atom stereocenters. The van der Waals surface area contributed by atoms with Gasteiger partial charge < -0.3 is 5.11 Å². The van der Waals surface area contributed by atoms with Crippen LogP contribution >= 0.6 is 27.3 Å². The van der Waals surface area contributed by atoms with Crippen LogP contribution in [0.5, 0.6) is 0 Å². The third-order valence-electron chi connectivity index (χ3n) is 3.12. The summed E-state index contributed by atoms with van der Waals surface area (Å²) in [7, 11) is -3.40. The van der Waals surface area contributed by atoms with E-state index in [0.717, 1.165) is 13.0 Å². The highest BCUT2D eigenvalue weighted by Gasteiger charge is 2.29. The van der Waals surface area contributed by atoms with Crippen molar-refractivity contribution in [3.05, 3.63) is 15.9 Å². The highest BCUT2D eigenvalue weighted by atomic mass is 79.9. The molecule has 1 fully saturated rings. The molecule has 0 aliphatic carbocycles. The minimum Gasteiger partial charge on any atom is -0.395 e. The molecule has 0 radical (unpaired) electrons. The predicted molar refractivity (Wildman–Crippen MR) is 78.9 cm³/mol. The Kier molecular flexibility index (Phi) is 5.38. The van der Waals surface area contributed by atoms with Gasteiger partial charge in [0.15, 0.2) is 0 Å². The van der Waals surface area contributed by atoms with Crippen molar-refractivity contribution in [1.29, 1.82) is 0 Å². The van der Waals surface area contributed by atoms with Crippen LogP contribution in [0.3, 0.4) is 0 Å². The van der Waals surface area contributed by atoms with Crippen molar-refractivity contribution < 1.29 is 13.5 Å². The maximum atomic E-state index is 12.5. The zero-order valence-corrected chi connectivity index (χ0v) is 13.7. The Morgan fingerprint density at radius 1 is 1.32 bits per heavy atom. The van der Waals surface area contributed by atoms with Crippen LogP contribution in [-0.2, 0) is 10.0 Å². The Labute approximate surface area is 126 Å². The van der Waals surface area contributed by atoms with E-state index in [4.69, 9.17) is 5.11 Å².